The number of carbonyl (C=O) groups is 1. The van der Waals surface area contributed by atoms with Crippen LogP contribution in [0.3, 0.4) is 0 Å². The van der Waals surface area contributed by atoms with Gasteiger partial charge in [0.1, 0.15) is 6.61 Å². The van der Waals surface area contributed by atoms with Gasteiger partial charge in [-0.05, 0) is 30.5 Å². The van der Waals surface area contributed by atoms with Crippen LogP contribution in [0.25, 0.3) is 0 Å². The summed E-state index contributed by atoms with van der Waals surface area (Å²) in [5.74, 6) is -0.363. The molecule has 104 valence electrons. The molecule has 0 aliphatic heterocycles. The van der Waals surface area contributed by atoms with Gasteiger partial charge < -0.3 is 0 Å². The standard InChI is InChI=1S/C17H19NO2/c1-13-8-6-7-11-16(13)12-20-18-17(19)14(2)15-9-4-3-5-10-15/h3-11,14H,12H2,1-2H3,(H,18,19). The first-order chi connectivity index (χ1) is 9.68. The molecule has 1 N–H and O–H groups in total. The zero-order valence-electron chi connectivity index (χ0n) is 11.8. The van der Waals surface area contributed by atoms with Crippen molar-refractivity contribution in [2.24, 2.45) is 0 Å². The van der Waals surface area contributed by atoms with Crippen molar-refractivity contribution < 1.29 is 9.63 Å². The van der Waals surface area contributed by atoms with Crippen molar-refractivity contribution in [2.45, 2.75) is 26.4 Å². The minimum atomic E-state index is -0.229. The molecule has 20 heavy (non-hydrogen) atoms. The van der Waals surface area contributed by atoms with Crippen LogP contribution >= 0.6 is 0 Å². The number of benzene rings is 2. The minimum absolute atomic E-state index is 0.134. The molecule has 0 saturated heterocycles. The third kappa shape index (κ3) is 3.68. The SMILES string of the molecule is Cc1ccccc1CONC(=O)C(C)c1ccccc1. The van der Waals surface area contributed by atoms with E-state index in [1.54, 1.807) is 0 Å². The smallest absolute Gasteiger partial charge is 0.250 e. The Morgan fingerprint density at radius 2 is 1.75 bits per heavy atom. The average molecular weight is 269 g/mol. The summed E-state index contributed by atoms with van der Waals surface area (Å²) in [6.07, 6.45) is 0. The highest BCUT2D eigenvalue weighted by Crippen LogP contribution is 2.14. The number of aryl methyl sites for hydroxylation is 1. The molecule has 0 saturated carbocycles. The molecule has 2 aromatic carbocycles. The number of hydroxylamine groups is 1. The molecule has 0 aliphatic carbocycles. The first kappa shape index (κ1) is 14.3. The van der Waals surface area contributed by atoms with Crippen molar-refractivity contribution in [3.05, 3.63) is 71.3 Å². The maximum atomic E-state index is 12.0. The second-order valence-electron chi connectivity index (χ2n) is 4.81. The van der Waals surface area contributed by atoms with Crippen LogP contribution in [0.2, 0.25) is 0 Å². The van der Waals surface area contributed by atoms with Gasteiger partial charge >= 0.3 is 0 Å². The van der Waals surface area contributed by atoms with Crippen LogP contribution in [0.4, 0.5) is 0 Å². The van der Waals surface area contributed by atoms with E-state index in [1.807, 2.05) is 68.4 Å². The van der Waals surface area contributed by atoms with Gasteiger partial charge in [-0.2, -0.15) is 0 Å². The van der Waals surface area contributed by atoms with Crippen molar-refractivity contribution in [3.63, 3.8) is 0 Å². The van der Waals surface area contributed by atoms with Gasteiger partial charge in [0.25, 0.3) is 5.91 Å². The summed E-state index contributed by atoms with van der Waals surface area (Å²) in [5.41, 5.74) is 5.71. The van der Waals surface area contributed by atoms with E-state index in [-0.39, 0.29) is 11.8 Å². The fourth-order valence-corrected chi connectivity index (χ4v) is 1.94. The summed E-state index contributed by atoms with van der Waals surface area (Å²) in [6, 6.07) is 17.6. The Labute approximate surface area is 119 Å². The Morgan fingerprint density at radius 1 is 1.10 bits per heavy atom. The van der Waals surface area contributed by atoms with Crippen molar-refractivity contribution in [1.29, 1.82) is 0 Å². The fraction of sp³-hybridized carbons (Fsp3) is 0.235. The molecule has 2 aromatic rings. The lowest BCUT2D eigenvalue weighted by Gasteiger charge is -2.13. The zero-order valence-corrected chi connectivity index (χ0v) is 11.8. The van der Waals surface area contributed by atoms with Crippen LogP contribution in [0.5, 0.6) is 0 Å². The van der Waals surface area contributed by atoms with Crippen molar-refractivity contribution in [2.75, 3.05) is 0 Å². The third-order valence-corrected chi connectivity index (χ3v) is 3.35. The molecule has 0 bridgehead atoms. The van der Waals surface area contributed by atoms with E-state index in [4.69, 9.17) is 4.84 Å². The van der Waals surface area contributed by atoms with Crippen LogP contribution < -0.4 is 5.48 Å². The lowest BCUT2D eigenvalue weighted by molar-refractivity contribution is -0.135. The molecule has 1 amide bonds. The van der Waals surface area contributed by atoms with Crippen LogP contribution in [0.1, 0.15) is 29.5 Å². The maximum Gasteiger partial charge on any atom is 0.250 e. The monoisotopic (exact) mass is 269 g/mol. The number of rotatable bonds is 5. The van der Waals surface area contributed by atoms with E-state index in [2.05, 4.69) is 5.48 Å². The fourth-order valence-electron chi connectivity index (χ4n) is 1.94. The van der Waals surface area contributed by atoms with Crippen LogP contribution in [0, 0.1) is 6.92 Å². The highest BCUT2D eigenvalue weighted by atomic mass is 16.6. The van der Waals surface area contributed by atoms with Crippen LogP contribution in [-0.4, -0.2) is 5.91 Å². The normalized spacial score (nSPS) is 11.9. The second-order valence-corrected chi connectivity index (χ2v) is 4.81. The maximum absolute atomic E-state index is 12.0. The van der Waals surface area contributed by atoms with Crippen molar-refractivity contribution in [3.8, 4) is 0 Å². The molecular weight excluding hydrogens is 250 g/mol. The van der Waals surface area contributed by atoms with Gasteiger partial charge in [0.05, 0.1) is 5.92 Å². The van der Waals surface area contributed by atoms with E-state index in [0.717, 1.165) is 16.7 Å². The summed E-state index contributed by atoms with van der Waals surface area (Å²) in [5, 5.41) is 0. The van der Waals surface area contributed by atoms with E-state index in [9.17, 15) is 4.79 Å². The number of carbonyl (C=O) groups excluding carboxylic acids is 1. The largest absolute Gasteiger partial charge is 0.272 e. The predicted molar refractivity (Wildman–Crippen MR) is 79.0 cm³/mol. The summed E-state index contributed by atoms with van der Waals surface area (Å²) in [4.78, 5) is 17.3. The van der Waals surface area contributed by atoms with Gasteiger partial charge in [-0.15, -0.1) is 0 Å². The average Bonchev–Trinajstić information content (AvgIpc) is 2.49. The van der Waals surface area contributed by atoms with Gasteiger partial charge in [0.15, 0.2) is 0 Å². The Kier molecular flexibility index (Phi) is 4.91. The quantitative estimate of drug-likeness (QED) is 0.845. The molecule has 3 nitrogen and oxygen atoms in total. The highest BCUT2D eigenvalue weighted by molar-refractivity contribution is 5.82. The molecule has 0 fully saturated rings. The summed E-state index contributed by atoms with van der Waals surface area (Å²) >= 11 is 0. The minimum Gasteiger partial charge on any atom is -0.272 e. The number of hydrogen-bond donors (Lipinski definition) is 1. The zero-order chi connectivity index (χ0) is 14.4. The van der Waals surface area contributed by atoms with E-state index < -0.39 is 0 Å². The molecule has 1 atom stereocenters. The lowest BCUT2D eigenvalue weighted by Crippen LogP contribution is -2.28. The first-order valence-electron chi connectivity index (χ1n) is 6.69. The van der Waals surface area contributed by atoms with Gasteiger partial charge in [-0.1, -0.05) is 54.6 Å². The Balaban J connectivity index is 1.85. The van der Waals surface area contributed by atoms with Crippen molar-refractivity contribution >= 4 is 5.91 Å². The van der Waals surface area contributed by atoms with Gasteiger partial charge in [0.2, 0.25) is 0 Å². The molecule has 1 unspecified atom stereocenters. The topological polar surface area (TPSA) is 38.3 Å². The molecule has 0 aromatic heterocycles. The molecule has 0 radical (unpaired) electrons. The number of amides is 1. The number of nitrogens with one attached hydrogen (secondary N) is 1. The second kappa shape index (κ2) is 6.87. The molecular formula is C17H19NO2. The first-order valence-corrected chi connectivity index (χ1v) is 6.69. The number of hydrogen-bond acceptors (Lipinski definition) is 2. The molecule has 0 heterocycles. The Bertz CT molecular complexity index is 566. The van der Waals surface area contributed by atoms with Crippen LogP contribution in [0.15, 0.2) is 54.6 Å². The predicted octanol–water partition coefficient (Wildman–Crippen LogP) is 3.35. The molecule has 3 heteroatoms. The Hall–Kier alpha value is -2.13. The Morgan fingerprint density at radius 3 is 2.45 bits per heavy atom. The van der Waals surface area contributed by atoms with Crippen molar-refractivity contribution in [1.82, 2.24) is 5.48 Å². The van der Waals surface area contributed by atoms with Gasteiger partial charge in [-0.3, -0.25) is 9.63 Å². The molecule has 0 spiro atoms. The van der Waals surface area contributed by atoms with E-state index >= 15 is 0 Å². The van der Waals surface area contributed by atoms with Gasteiger partial charge in [-0.25, -0.2) is 5.48 Å². The summed E-state index contributed by atoms with van der Waals surface area (Å²) in [6.45, 7) is 4.26. The van der Waals surface area contributed by atoms with Crippen LogP contribution in [-0.2, 0) is 16.2 Å². The van der Waals surface area contributed by atoms with E-state index in [0.29, 0.717) is 6.61 Å². The molecule has 2 rings (SSSR count). The summed E-state index contributed by atoms with van der Waals surface area (Å²) in [7, 11) is 0. The van der Waals surface area contributed by atoms with E-state index in [1.165, 1.54) is 0 Å². The lowest BCUT2D eigenvalue weighted by atomic mass is 10.0. The molecule has 0 aliphatic rings. The van der Waals surface area contributed by atoms with Gasteiger partial charge in [0, 0.05) is 0 Å². The highest BCUT2D eigenvalue weighted by Gasteiger charge is 2.14. The third-order valence-electron chi connectivity index (χ3n) is 3.35. The summed E-state index contributed by atoms with van der Waals surface area (Å²) < 4.78 is 0.